The second-order valence-electron chi connectivity index (χ2n) is 3.82. The van der Waals surface area contributed by atoms with Gasteiger partial charge in [-0.3, -0.25) is 4.98 Å². The van der Waals surface area contributed by atoms with Crippen LogP contribution < -0.4 is 5.32 Å². The molecule has 1 aromatic heterocycles. The first-order valence-electron chi connectivity index (χ1n) is 5.28. The summed E-state index contributed by atoms with van der Waals surface area (Å²) < 4.78 is 13.1. The van der Waals surface area contributed by atoms with Crippen LogP contribution in [0.5, 0.6) is 5.75 Å². The summed E-state index contributed by atoms with van der Waals surface area (Å²) in [6.07, 6.45) is 3.51. The minimum atomic E-state index is -0.627. The SMILES string of the molecule is Cc1ccncc1CNc1ccc(O)c(F)c1. The van der Waals surface area contributed by atoms with Gasteiger partial charge in [-0.15, -0.1) is 0 Å². The van der Waals surface area contributed by atoms with E-state index in [2.05, 4.69) is 10.3 Å². The molecule has 0 aliphatic carbocycles. The fourth-order valence-corrected chi connectivity index (χ4v) is 1.50. The number of phenolic OH excluding ortho intramolecular Hbond substituents is 1. The summed E-state index contributed by atoms with van der Waals surface area (Å²) in [5, 5.41) is 12.1. The topological polar surface area (TPSA) is 45.2 Å². The quantitative estimate of drug-likeness (QED) is 0.800. The fraction of sp³-hybridized carbons (Fsp3) is 0.154. The van der Waals surface area contributed by atoms with Crippen molar-refractivity contribution >= 4 is 5.69 Å². The second kappa shape index (κ2) is 4.82. The Morgan fingerprint density at radius 2 is 2.18 bits per heavy atom. The van der Waals surface area contributed by atoms with Gasteiger partial charge in [0.05, 0.1) is 0 Å². The van der Waals surface area contributed by atoms with E-state index in [1.807, 2.05) is 13.0 Å². The normalized spacial score (nSPS) is 10.2. The number of hydrogen-bond donors (Lipinski definition) is 2. The van der Waals surface area contributed by atoms with Gasteiger partial charge in [-0.25, -0.2) is 4.39 Å². The molecule has 0 fully saturated rings. The maximum absolute atomic E-state index is 13.1. The standard InChI is InChI=1S/C13H13FN2O/c1-9-4-5-15-7-10(9)8-16-11-2-3-13(17)12(14)6-11/h2-7,16-17H,8H2,1H3. The summed E-state index contributed by atoms with van der Waals surface area (Å²) in [5.41, 5.74) is 2.82. The molecule has 88 valence electrons. The summed E-state index contributed by atoms with van der Waals surface area (Å²) in [7, 11) is 0. The molecule has 0 aliphatic heterocycles. The van der Waals surface area contributed by atoms with E-state index in [1.165, 1.54) is 12.1 Å². The summed E-state index contributed by atoms with van der Waals surface area (Å²) in [5.74, 6) is -0.967. The Kier molecular flexibility index (Phi) is 3.23. The van der Waals surface area contributed by atoms with Crippen molar-refractivity contribution in [1.82, 2.24) is 4.98 Å². The molecule has 0 saturated heterocycles. The lowest BCUT2D eigenvalue weighted by molar-refractivity contribution is 0.432. The first-order chi connectivity index (χ1) is 8.16. The molecule has 2 aromatic rings. The zero-order valence-corrected chi connectivity index (χ0v) is 9.44. The number of rotatable bonds is 3. The van der Waals surface area contributed by atoms with E-state index in [4.69, 9.17) is 5.11 Å². The van der Waals surface area contributed by atoms with Crippen molar-refractivity contribution in [3.05, 3.63) is 53.6 Å². The molecule has 0 unspecified atom stereocenters. The number of phenols is 1. The van der Waals surface area contributed by atoms with Crippen molar-refractivity contribution in [2.24, 2.45) is 0 Å². The van der Waals surface area contributed by atoms with Gasteiger partial charge >= 0.3 is 0 Å². The van der Waals surface area contributed by atoms with Crippen molar-refractivity contribution in [3.63, 3.8) is 0 Å². The van der Waals surface area contributed by atoms with E-state index in [9.17, 15) is 4.39 Å². The maximum Gasteiger partial charge on any atom is 0.166 e. The van der Waals surface area contributed by atoms with E-state index < -0.39 is 5.82 Å². The highest BCUT2D eigenvalue weighted by Crippen LogP contribution is 2.20. The minimum absolute atomic E-state index is 0.340. The number of pyridine rings is 1. The number of nitrogens with one attached hydrogen (secondary N) is 1. The van der Waals surface area contributed by atoms with Crippen LogP contribution in [-0.4, -0.2) is 10.1 Å². The molecule has 4 heteroatoms. The van der Waals surface area contributed by atoms with Crippen LogP contribution in [0.15, 0.2) is 36.7 Å². The predicted octanol–water partition coefficient (Wildman–Crippen LogP) is 2.85. The van der Waals surface area contributed by atoms with Crippen LogP contribution in [0.1, 0.15) is 11.1 Å². The summed E-state index contributed by atoms with van der Waals surface area (Å²) in [6.45, 7) is 2.57. The highest BCUT2D eigenvalue weighted by Gasteiger charge is 2.02. The molecule has 0 amide bonds. The van der Waals surface area contributed by atoms with Crippen LogP contribution in [0.2, 0.25) is 0 Å². The number of anilines is 1. The van der Waals surface area contributed by atoms with Gasteiger partial charge in [0, 0.05) is 30.7 Å². The third-order valence-electron chi connectivity index (χ3n) is 2.58. The van der Waals surface area contributed by atoms with Gasteiger partial charge in [0.25, 0.3) is 0 Å². The van der Waals surface area contributed by atoms with E-state index in [-0.39, 0.29) is 5.75 Å². The zero-order valence-electron chi connectivity index (χ0n) is 9.44. The van der Waals surface area contributed by atoms with Gasteiger partial charge < -0.3 is 10.4 Å². The van der Waals surface area contributed by atoms with Gasteiger partial charge in [0.15, 0.2) is 11.6 Å². The summed E-state index contributed by atoms with van der Waals surface area (Å²) in [6, 6.07) is 6.15. The number of nitrogens with zero attached hydrogens (tertiary/aromatic N) is 1. The Balaban J connectivity index is 2.08. The largest absolute Gasteiger partial charge is 0.505 e. The Labute approximate surface area is 98.9 Å². The summed E-state index contributed by atoms with van der Waals surface area (Å²) >= 11 is 0. The van der Waals surface area contributed by atoms with E-state index in [0.717, 1.165) is 11.1 Å². The number of aromatic nitrogens is 1. The number of aromatic hydroxyl groups is 1. The number of benzene rings is 1. The third-order valence-corrected chi connectivity index (χ3v) is 2.58. The Bertz CT molecular complexity index is 529. The van der Waals surface area contributed by atoms with Crippen molar-refractivity contribution in [2.45, 2.75) is 13.5 Å². The molecular formula is C13H13FN2O. The average Bonchev–Trinajstić information content (AvgIpc) is 2.32. The molecule has 0 radical (unpaired) electrons. The molecule has 3 nitrogen and oxygen atoms in total. The van der Waals surface area contributed by atoms with Crippen molar-refractivity contribution < 1.29 is 9.50 Å². The van der Waals surface area contributed by atoms with Crippen molar-refractivity contribution in [3.8, 4) is 5.75 Å². The number of halogens is 1. The van der Waals surface area contributed by atoms with Crippen LogP contribution in [0.3, 0.4) is 0 Å². The highest BCUT2D eigenvalue weighted by atomic mass is 19.1. The number of hydrogen-bond acceptors (Lipinski definition) is 3. The van der Waals surface area contributed by atoms with Crippen LogP contribution in [0.25, 0.3) is 0 Å². The predicted molar refractivity (Wildman–Crippen MR) is 64.4 cm³/mol. The van der Waals surface area contributed by atoms with Crippen LogP contribution >= 0.6 is 0 Å². The van der Waals surface area contributed by atoms with Crippen LogP contribution in [0.4, 0.5) is 10.1 Å². The lowest BCUT2D eigenvalue weighted by Crippen LogP contribution is -2.01. The Morgan fingerprint density at radius 1 is 1.35 bits per heavy atom. The van der Waals surface area contributed by atoms with Crippen LogP contribution in [-0.2, 0) is 6.54 Å². The second-order valence-corrected chi connectivity index (χ2v) is 3.82. The molecule has 0 spiro atoms. The van der Waals surface area contributed by atoms with E-state index in [1.54, 1.807) is 18.5 Å². The average molecular weight is 232 g/mol. The molecule has 2 rings (SSSR count). The van der Waals surface area contributed by atoms with Gasteiger partial charge in [-0.1, -0.05) is 0 Å². The smallest absolute Gasteiger partial charge is 0.166 e. The molecule has 0 bridgehead atoms. The van der Waals surface area contributed by atoms with Gasteiger partial charge in [-0.2, -0.15) is 0 Å². The first-order valence-corrected chi connectivity index (χ1v) is 5.28. The van der Waals surface area contributed by atoms with Crippen LogP contribution in [0, 0.1) is 12.7 Å². The first kappa shape index (κ1) is 11.4. The highest BCUT2D eigenvalue weighted by molar-refractivity contribution is 5.47. The molecule has 0 aliphatic rings. The Hall–Kier alpha value is -2.10. The van der Waals surface area contributed by atoms with Gasteiger partial charge in [0.2, 0.25) is 0 Å². The van der Waals surface area contributed by atoms with Gasteiger partial charge in [-0.05, 0) is 36.2 Å². The molecule has 2 N–H and O–H groups in total. The van der Waals surface area contributed by atoms with E-state index in [0.29, 0.717) is 12.2 Å². The molecular weight excluding hydrogens is 219 g/mol. The van der Waals surface area contributed by atoms with Crippen molar-refractivity contribution in [1.29, 1.82) is 0 Å². The lowest BCUT2D eigenvalue weighted by atomic mass is 10.1. The summed E-state index contributed by atoms with van der Waals surface area (Å²) in [4.78, 5) is 4.04. The number of aryl methyl sites for hydroxylation is 1. The third kappa shape index (κ3) is 2.72. The zero-order chi connectivity index (χ0) is 12.3. The monoisotopic (exact) mass is 232 g/mol. The Morgan fingerprint density at radius 3 is 2.88 bits per heavy atom. The maximum atomic E-state index is 13.1. The molecule has 0 atom stereocenters. The molecule has 1 aromatic carbocycles. The molecule has 17 heavy (non-hydrogen) atoms. The minimum Gasteiger partial charge on any atom is -0.505 e. The molecule has 1 heterocycles. The lowest BCUT2D eigenvalue weighted by Gasteiger charge is -2.08. The van der Waals surface area contributed by atoms with Gasteiger partial charge in [0.1, 0.15) is 0 Å². The van der Waals surface area contributed by atoms with E-state index >= 15 is 0 Å². The molecule has 0 saturated carbocycles. The van der Waals surface area contributed by atoms with Crippen molar-refractivity contribution in [2.75, 3.05) is 5.32 Å². The fourth-order valence-electron chi connectivity index (χ4n) is 1.50.